The molecule has 0 aromatic heterocycles. The molecule has 0 nitrogen and oxygen atoms in total. The van der Waals surface area contributed by atoms with Crippen molar-refractivity contribution in [3.05, 3.63) is 29.8 Å². The average Bonchev–Trinajstić information content (AvgIpc) is 2.20. The summed E-state index contributed by atoms with van der Waals surface area (Å²) in [5.74, 6) is 0.836. The van der Waals surface area contributed by atoms with Gasteiger partial charge in [-0.05, 0) is 29.6 Å². The molecule has 1 aliphatic carbocycles. The summed E-state index contributed by atoms with van der Waals surface area (Å²) in [6, 6.07) is 8.78. The molecule has 0 amide bonds. The van der Waals surface area contributed by atoms with Crippen molar-refractivity contribution in [1.29, 1.82) is 0 Å². The highest BCUT2D eigenvalue weighted by molar-refractivity contribution is 7.27. The third-order valence-electron chi connectivity index (χ3n) is 3.04. The maximum atomic E-state index is 2.86. The van der Waals surface area contributed by atoms with E-state index in [0.717, 1.165) is 5.92 Å². The van der Waals surface area contributed by atoms with Crippen LogP contribution in [-0.2, 0) is 0 Å². The summed E-state index contributed by atoms with van der Waals surface area (Å²) in [6.45, 7) is 0. The largest absolute Gasteiger partial charge is 0.105 e. The summed E-state index contributed by atoms with van der Waals surface area (Å²) in [4.78, 5) is 0. The van der Waals surface area contributed by atoms with Crippen LogP contribution in [0, 0.1) is 0 Å². The molecular formula is C12H17P. The standard InChI is InChI=1S/C12H17P/c13-12-9-5-4-8-11(12)10-6-2-1-3-7-10/h4-5,8-10H,1-3,6-7,13H2. The van der Waals surface area contributed by atoms with Gasteiger partial charge in [0.2, 0.25) is 0 Å². The van der Waals surface area contributed by atoms with E-state index in [2.05, 4.69) is 33.5 Å². The third kappa shape index (κ3) is 2.11. The van der Waals surface area contributed by atoms with E-state index < -0.39 is 0 Å². The zero-order valence-corrected chi connectivity index (χ0v) is 9.15. The summed E-state index contributed by atoms with van der Waals surface area (Å²) in [6.07, 6.45) is 7.07. The van der Waals surface area contributed by atoms with Crippen molar-refractivity contribution < 1.29 is 0 Å². The van der Waals surface area contributed by atoms with Gasteiger partial charge < -0.3 is 0 Å². The van der Waals surface area contributed by atoms with Crippen LogP contribution in [0.3, 0.4) is 0 Å². The molecular weight excluding hydrogens is 175 g/mol. The van der Waals surface area contributed by atoms with E-state index in [1.54, 1.807) is 5.56 Å². The minimum Gasteiger partial charge on any atom is -0.105 e. The lowest BCUT2D eigenvalue weighted by Crippen LogP contribution is -2.11. The van der Waals surface area contributed by atoms with Gasteiger partial charge in [-0.15, -0.1) is 9.24 Å². The van der Waals surface area contributed by atoms with Crippen LogP contribution >= 0.6 is 9.24 Å². The Morgan fingerprint density at radius 1 is 1.00 bits per heavy atom. The van der Waals surface area contributed by atoms with Crippen molar-refractivity contribution in [3.63, 3.8) is 0 Å². The Bertz CT molecular complexity index is 274. The maximum Gasteiger partial charge on any atom is -0.0156 e. The van der Waals surface area contributed by atoms with E-state index in [0.29, 0.717) is 0 Å². The van der Waals surface area contributed by atoms with Gasteiger partial charge in [-0.25, -0.2) is 0 Å². The normalized spacial score (nSPS) is 18.8. The third-order valence-corrected chi connectivity index (χ3v) is 3.57. The van der Waals surface area contributed by atoms with Crippen LogP contribution in [0.15, 0.2) is 24.3 Å². The number of hydrogen-bond acceptors (Lipinski definition) is 0. The van der Waals surface area contributed by atoms with E-state index in [-0.39, 0.29) is 0 Å². The second kappa shape index (κ2) is 4.24. The summed E-state index contributed by atoms with van der Waals surface area (Å²) in [7, 11) is 2.86. The summed E-state index contributed by atoms with van der Waals surface area (Å²) >= 11 is 0. The van der Waals surface area contributed by atoms with Crippen LogP contribution in [0.5, 0.6) is 0 Å². The van der Waals surface area contributed by atoms with Crippen LogP contribution in [0.4, 0.5) is 0 Å². The molecule has 1 atom stereocenters. The van der Waals surface area contributed by atoms with Gasteiger partial charge in [-0.2, -0.15) is 0 Å². The van der Waals surface area contributed by atoms with Crippen molar-refractivity contribution >= 4 is 14.5 Å². The van der Waals surface area contributed by atoms with Crippen LogP contribution in [0.25, 0.3) is 0 Å². The predicted molar refractivity (Wildman–Crippen MR) is 61.6 cm³/mol. The minimum atomic E-state index is 0.836. The molecule has 1 unspecified atom stereocenters. The van der Waals surface area contributed by atoms with E-state index in [1.807, 2.05) is 0 Å². The molecule has 0 bridgehead atoms. The monoisotopic (exact) mass is 192 g/mol. The van der Waals surface area contributed by atoms with Gasteiger partial charge in [0.15, 0.2) is 0 Å². The number of hydrogen-bond donors (Lipinski definition) is 0. The molecule has 0 aliphatic heterocycles. The summed E-state index contributed by atoms with van der Waals surface area (Å²) in [5.41, 5.74) is 1.56. The molecule has 1 fully saturated rings. The molecule has 13 heavy (non-hydrogen) atoms. The van der Waals surface area contributed by atoms with Gasteiger partial charge in [-0.1, -0.05) is 43.5 Å². The summed E-state index contributed by atoms with van der Waals surface area (Å²) in [5, 5.41) is 1.40. The summed E-state index contributed by atoms with van der Waals surface area (Å²) < 4.78 is 0. The Kier molecular flexibility index (Phi) is 3.01. The Labute approximate surface area is 82.9 Å². The van der Waals surface area contributed by atoms with Crippen LogP contribution in [0.1, 0.15) is 43.6 Å². The van der Waals surface area contributed by atoms with Crippen LogP contribution in [0.2, 0.25) is 0 Å². The first-order valence-corrected chi connectivity index (χ1v) is 5.80. The number of rotatable bonds is 1. The lowest BCUT2D eigenvalue weighted by molar-refractivity contribution is 0.445. The lowest BCUT2D eigenvalue weighted by atomic mass is 9.84. The highest BCUT2D eigenvalue weighted by Gasteiger charge is 2.16. The highest BCUT2D eigenvalue weighted by Crippen LogP contribution is 2.32. The fraction of sp³-hybridized carbons (Fsp3) is 0.500. The smallest absolute Gasteiger partial charge is 0.0156 e. The lowest BCUT2D eigenvalue weighted by Gasteiger charge is -2.23. The van der Waals surface area contributed by atoms with E-state index in [1.165, 1.54) is 37.4 Å². The Balaban J connectivity index is 2.18. The zero-order chi connectivity index (χ0) is 9.10. The first kappa shape index (κ1) is 9.21. The molecule has 0 saturated heterocycles. The molecule has 2 rings (SSSR count). The van der Waals surface area contributed by atoms with E-state index in [9.17, 15) is 0 Å². The number of benzene rings is 1. The minimum absolute atomic E-state index is 0.836. The van der Waals surface area contributed by atoms with Gasteiger partial charge >= 0.3 is 0 Å². The zero-order valence-electron chi connectivity index (χ0n) is 8.00. The second-order valence-electron chi connectivity index (χ2n) is 3.96. The topological polar surface area (TPSA) is 0 Å². The molecule has 70 valence electrons. The molecule has 1 aliphatic rings. The Hall–Kier alpha value is -0.350. The second-order valence-corrected chi connectivity index (χ2v) is 4.59. The van der Waals surface area contributed by atoms with Crippen molar-refractivity contribution in [2.75, 3.05) is 0 Å². The molecule has 0 heterocycles. The van der Waals surface area contributed by atoms with Crippen molar-refractivity contribution in [2.24, 2.45) is 0 Å². The van der Waals surface area contributed by atoms with Gasteiger partial charge in [-0.3, -0.25) is 0 Å². The molecule has 1 aromatic rings. The maximum absolute atomic E-state index is 2.86. The van der Waals surface area contributed by atoms with Gasteiger partial charge in [0.05, 0.1) is 0 Å². The molecule has 0 N–H and O–H groups in total. The molecule has 0 radical (unpaired) electrons. The van der Waals surface area contributed by atoms with Crippen LogP contribution < -0.4 is 5.30 Å². The van der Waals surface area contributed by atoms with Crippen LogP contribution in [-0.4, -0.2) is 0 Å². The van der Waals surface area contributed by atoms with Gasteiger partial charge in [0.25, 0.3) is 0 Å². The molecule has 0 spiro atoms. The van der Waals surface area contributed by atoms with Gasteiger partial charge in [0.1, 0.15) is 0 Å². The molecule has 1 saturated carbocycles. The van der Waals surface area contributed by atoms with Crippen molar-refractivity contribution in [2.45, 2.75) is 38.0 Å². The van der Waals surface area contributed by atoms with Gasteiger partial charge in [0, 0.05) is 0 Å². The van der Waals surface area contributed by atoms with E-state index >= 15 is 0 Å². The van der Waals surface area contributed by atoms with E-state index in [4.69, 9.17) is 0 Å². The Morgan fingerprint density at radius 3 is 2.38 bits per heavy atom. The fourth-order valence-corrected chi connectivity index (χ4v) is 2.74. The fourth-order valence-electron chi connectivity index (χ4n) is 2.30. The van der Waals surface area contributed by atoms with Crippen molar-refractivity contribution in [3.8, 4) is 0 Å². The molecule has 1 heteroatoms. The average molecular weight is 192 g/mol. The SMILES string of the molecule is Pc1ccccc1C1CCCCC1. The highest BCUT2D eigenvalue weighted by atomic mass is 31.0. The first-order valence-electron chi connectivity index (χ1n) is 5.22. The predicted octanol–water partition coefficient (Wildman–Crippen LogP) is 3.23. The first-order chi connectivity index (χ1) is 6.38. The molecule has 1 aromatic carbocycles. The Morgan fingerprint density at radius 2 is 1.69 bits per heavy atom. The quantitative estimate of drug-likeness (QED) is 0.599. The van der Waals surface area contributed by atoms with Crippen molar-refractivity contribution in [1.82, 2.24) is 0 Å².